The van der Waals surface area contributed by atoms with Gasteiger partial charge in [-0.15, -0.1) is 5.10 Å². The van der Waals surface area contributed by atoms with Crippen molar-refractivity contribution in [2.45, 2.75) is 12.5 Å². The van der Waals surface area contributed by atoms with Crippen LogP contribution in [-0.4, -0.2) is 23.2 Å². The molecule has 1 aliphatic rings. The van der Waals surface area contributed by atoms with Gasteiger partial charge in [-0.25, -0.2) is 4.39 Å². The number of nitrogens with one attached hydrogen (secondary N) is 2. The van der Waals surface area contributed by atoms with E-state index in [1.54, 1.807) is 31.4 Å². The summed E-state index contributed by atoms with van der Waals surface area (Å²) < 4.78 is 30.7. The maximum atomic E-state index is 13.5. The van der Waals surface area contributed by atoms with E-state index in [2.05, 4.69) is 16.3 Å². The van der Waals surface area contributed by atoms with E-state index in [1.807, 2.05) is 36.4 Å². The summed E-state index contributed by atoms with van der Waals surface area (Å²) in [7, 11) is 1.55. The second-order valence-electron chi connectivity index (χ2n) is 8.06. The maximum Gasteiger partial charge on any atom is 0.244 e. The summed E-state index contributed by atoms with van der Waals surface area (Å²) in [5, 5.41) is 25.4. The van der Waals surface area contributed by atoms with Gasteiger partial charge in [-0.1, -0.05) is 36.4 Å². The number of fused-ring (bicyclic) bond motifs is 1. The minimum atomic E-state index is -0.889. The van der Waals surface area contributed by atoms with Crippen molar-refractivity contribution >= 4 is 5.90 Å². The van der Waals surface area contributed by atoms with Crippen LogP contribution in [0.4, 0.5) is 4.39 Å². The summed E-state index contributed by atoms with van der Waals surface area (Å²) in [6.07, 6.45) is 0. The first-order chi connectivity index (χ1) is 17.1. The quantitative estimate of drug-likeness (QED) is 0.392. The molecule has 35 heavy (non-hydrogen) atoms. The van der Waals surface area contributed by atoms with Gasteiger partial charge in [-0.05, 0) is 47.5 Å². The molecule has 174 valence electrons. The molecule has 0 spiro atoms. The average Bonchev–Trinajstić information content (AvgIpc) is 3.30. The summed E-state index contributed by atoms with van der Waals surface area (Å²) >= 11 is 0. The van der Waals surface area contributed by atoms with Gasteiger partial charge < -0.3 is 14.2 Å². The highest BCUT2D eigenvalue weighted by atomic mass is 19.1. The van der Waals surface area contributed by atoms with Crippen molar-refractivity contribution in [2.24, 2.45) is 5.92 Å². The first kappa shape index (κ1) is 22.2. The van der Waals surface area contributed by atoms with Crippen LogP contribution >= 0.6 is 0 Å². The van der Waals surface area contributed by atoms with Crippen molar-refractivity contribution in [1.82, 2.24) is 10.2 Å². The number of benzene rings is 3. The number of aromatic nitrogens is 2. The van der Waals surface area contributed by atoms with E-state index >= 15 is 0 Å². The zero-order chi connectivity index (χ0) is 24.4. The molecule has 8 heteroatoms. The highest BCUT2D eigenvalue weighted by Gasteiger charge is 2.41. The predicted octanol–water partition coefficient (Wildman–Crippen LogP) is 5.44. The van der Waals surface area contributed by atoms with Crippen LogP contribution in [0.25, 0.3) is 11.3 Å². The molecule has 2 atom stereocenters. The van der Waals surface area contributed by atoms with Crippen molar-refractivity contribution in [3.8, 4) is 34.7 Å². The highest BCUT2D eigenvalue weighted by molar-refractivity contribution is 5.86. The molecular weight excluding hydrogens is 447 g/mol. The summed E-state index contributed by atoms with van der Waals surface area (Å²) in [6, 6.07) is 23.4. The molecule has 7 nitrogen and oxygen atoms in total. The molecule has 0 fully saturated rings. The van der Waals surface area contributed by atoms with E-state index in [1.165, 1.54) is 12.1 Å². The fourth-order valence-corrected chi connectivity index (χ4v) is 4.25. The Balaban J connectivity index is 1.55. The van der Waals surface area contributed by atoms with Gasteiger partial charge in [-0.3, -0.25) is 10.5 Å². The van der Waals surface area contributed by atoms with Gasteiger partial charge in [0.2, 0.25) is 11.8 Å². The molecule has 1 aliphatic heterocycles. The number of H-pyrrole nitrogens is 1. The van der Waals surface area contributed by atoms with E-state index in [4.69, 9.17) is 19.6 Å². The van der Waals surface area contributed by atoms with Gasteiger partial charge in [0, 0.05) is 11.5 Å². The lowest BCUT2D eigenvalue weighted by molar-refractivity contribution is 0.284. The van der Waals surface area contributed by atoms with Crippen LogP contribution in [0.5, 0.6) is 17.4 Å². The molecule has 2 heterocycles. The van der Waals surface area contributed by atoms with Crippen LogP contribution in [0.1, 0.15) is 22.6 Å². The highest BCUT2D eigenvalue weighted by Crippen LogP contribution is 2.47. The lowest BCUT2D eigenvalue weighted by atomic mass is 9.78. The fraction of sp³-hybridized carbons (Fsp3) is 0.148. The van der Waals surface area contributed by atoms with E-state index in [0.29, 0.717) is 34.9 Å². The second-order valence-corrected chi connectivity index (χ2v) is 8.06. The van der Waals surface area contributed by atoms with Crippen molar-refractivity contribution in [2.75, 3.05) is 7.11 Å². The molecule has 0 saturated carbocycles. The molecule has 5 rings (SSSR count). The number of halogens is 1. The van der Waals surface area contributed by atoms with Crippen molar-refractivity contribution < 1.29 is 18.6 Å². The average molecular weight is 468 g/mol. The molecular formula is C27H21FN4O3. The molecule has 4 aromatic rings. The fourth-order valence-electron chi connectivity index (χ4n) is 4.25. The smallest absolute Gasteiger partial charge is 0.244 e. The van der Waals surface area contributed by atoms with Crippen LogP contribution in [0.15, 0.2) is 72.8 Å². The van der Waals surface area contributed by atoms with Crippen molar-refractivity contribution in [1.29, 1.82) is 10.7 Å². The Bertz CT molecular complexity index is 1410. The number of methoxy groups -OCH3 is 1. The van der Waals surface area contributed by atoms with Gasteiger partial charge >= 0.3 is 0 Å². The maximum absolute atomic E-state index is 13.5. The zero-order valence-corrected chi connectivity index (χ0v) is 18.8. The number of aromatic amines is 1. The Kier molecular flexibility index (Phi) is 5.90. The standard InChI is InChI=1S/C27H21FN4O3/c1-33-22-13-18(9-12-21(22)34-15-16-5-3-2-4-6-16)23-20(14-29)26(30)35-27-24(23)25(31-32-27)17-7-10-19(28)11-8-17/h2-13,20,23,30H,15H2,1H3,(H,31,32). The Morgan fingerprint density at radius 3 is 2.57 bits per heavy atom. The molecule has 1 aromatic heterocycles. The third-order valence-corrected chi connectivity index (χ3v) is 5.96. The molecule has 0 bridgehead atoms. The number of ether oxygens (including phenoxy) is 3. The van der Waals surface area contributed by atoms with Gasteiger partial charge in [0.25, 0.3) is 0 Å². The third kappa shape index (κ3) is 4.20. The Morgan fingerprint density at radius 2 is 1.86 bits per heavy atom. The summed E-state index contributed by atoms with van der Waals surface area (Å²) in [6.45, 7) is 0.375. The monoisotopic (exact) mass is 468 g/mol. The van der Waals surface area contributed by atoms with E-state index < -0.39 is 11.8 Å². The Labute approximate surface area is 201 Å². The lowest BCUT2D eigenvalue weighted by Crippen LogP contribution is -2.30. The van der Waals surface area contributed by atoms with Gasteiger partial charge in [-0.2, -0.15) is 5.26 Å². The van der Waals surface area contributed by atoms with Crippen LogP contribution in [0, 0.1) is 28.5 Å². The molecule has 0 saturated heterocycles. The van der Waals surface area contributed by atoms with Crippen LogP contribution < -0.4 is 14.2 Å². The van der Waals surface area contributed by atoms with Gasteiger partial charge in [0.15, 0.2) is 11.5 Å². The second kappa shape index (κ2) is 9.31. The summed E-state index contributed by atoms with van der Waals surface area (Å²) in [5.41, 5.74) is 3.67. The molecule has 0 amide bonds. The SMILES string of the molecule is COc1cc(C2c3c(n[nH]c3-c3ccc(F)cc3)OC(=N)C2C#N)ccc1OCc1ccccc1. The molecule has 0 radical (unpaired) electrons. The van der Waals surface area contributed by atoms with Crippen molar-refractivity contribution in [3.05, 3.63) is 95.3 Å². The third-order valence-electron chi connectivity index (χ3n) is 5.96. The van der Waals surface area contributed by atoms with E-state index in [0.717, 1.165) is 11.1 Å². The van der Waals surface area contributed by atoms with Crippen LogP contribution in [0.2, 0.25) is 0 Å². The molecule has 0 aliphatic carbocycles. The van der Waals surface area contributed by atoms with Gasteiger partial charge in [0.05, 0.1) is 24.4 Å². The summed E-state index contributed by atoms with van der Waals surface area (Å²) in [5.74, 6) is -0.724. The number of rotatable bonds is 6. The number of nitrogens with zero attached hydrogens (tertiary/aromatic N) is 2. The summed E-state index contributed by atoms with van der Waals surface area (Å²) in [4.78, 5) is 0. The Hall–Kier alpha value is -4.64. The largest absolute Gasteiger partial charge is 0.493 e. The number of hydrogen-bond donors (Lipinski definition) is 2. The normalized spacial score (nSPS) is 16.7. The zero-order valence-electron chi connectivity index (χ0n) is 18.8. The minimum Gasteiger partial charge on any atom is -0.493 e. The van der Waals surface area contributed by atoms with Gasteiger partial charge in [0.1, 0.15) is 18.3 Å². The first-order valence-corrected chi connectivity index (χ1v) is 10.9. The molecule has 2 unspecified atom stereocenters. The van der Waals surface area contributed by atoms with Crippen molar-refractivity contribution in [3.63, 3.8) is 0 Å². The van der Waals surface area contributed by atoms with E-state index in [9.17, 15) is 9.65 Å². The molecule has 3 aromatic carbocycles. The van der Waals surface area contributed by atoms with E-state index in [-0.39, 0.29) is 17.6 Å². The Morgan fingerprint density at radius 1 is 1.09 bits per heavy atom. The molecule has 2 N–H and O–H groups in total. The minimum absolute atomic E-state index is 0.189. The lowest BCUT2D eigenvalue weighted by Gasteiger charge is -2.28. The number of nitriles is 1. The predicted molar refractivity (Wildman–Crippen MR) is 127 cm³/mol. The first-order valence-electron chi connectivity index (χ1n) is 10.9. The van der Waals surface area contributed by atoms with Crippen LogP contribution in [0.3, 0.4) is 0 Å². The van der Waals surface area contributed by atoms with Crippen LogP contribution in [-0.2, 0) is 6.61 Å². The topological polar surface area (TPSA) is 104 Å². The number of hydrogen-bond acceptors (Lipinski definition) is 6.